The van der Waals surface area contributed by atoms with Gasteiger partial charge in [0.15, 0.2) is 11.5 Å². The topological polar surface area (TPSA) is 59.9 Å². The fraction of sp³-hybridized carbons (Fsp3) is 0.125. The Kier molecular flexibility index (Phi) is 4.11. The van der Waals surface area contributed by atoms with Gasteiger partial charge in [-0.2, -0.15) is 5.10 Å². The Morgan fingerprint density at radius 1 is 1.27 bits per heavy atom. The van der Waals surface area contributed by atoms with Crippen LogP contribution in [0.15, 0.2) is 46.0 Å². The molecule has 6 heteroatoms. The highest BCUT2D eigenvalue weighted by Crippen LogP contribution is 2.36. The van der Waals surface area contributed by atoms with Crippen molar-refractivity contribution in [3.63, 3.8) is 0 Å². The summed E-state index contributed by atoms with van der Waals surface area (Å²) in [4.78, 5) is 12.0. The summed E-state index contributed by atoms with van der Waals surface area (Å²) in [5.74, 6) is 1.10. The summed E-state index contributed by atoms with van der Waals surface area (Å²) in [6, 6.07) is 10.9. The number of ether oxygens (including phenoxy) is 2. The quantitative estimate of drug-likeness (QED) is 0.675. The molecule has 1 amide bonds. The summed E-state index contributed by atoms with van der Waals surface area (Å²) < 4.78 is 11.4. The number of nitrogens with one attached hydrogen (secondary N) is 1. The number of hydrogen-bond donors (Lipinski definition) is 1. The van der Waals surface area contributed by atoms with Crippen LogP contribution in [0.2, 0.25) is 0 Å². The number of hydrogen-bond acceptors (Lipinski definition) is 4. The maximum atomic E-state index is 12.0. The van der Waals surface area contributed by atoms with E-state index in [-0.39, 0.29) is 12.7 Å². The zero-order chi connectivity index (χ0) is 15.5. The van der Waals surface area contributed by atoms with Crippen LogP contribution in [0.3, 0.4) is 0 Å². The van der Waals surface area contributed by atoms with E-state index >= 15 is 0 Å². The molecule has 0 atom stereocenters. The third-order valence-electron chi connectivity index (χ3n) is 3.14. The second kappa shape index (κ2) is 6.19. The molecule has 3 rings (SSSR count). The smallest absolute Gasteiger partial charge is 0.271 e. The van der Waals surface area contributed by atoms with Crippen LogP contribution in [0, 0.1) is 6.92 Å². The third-order valence-corrected chi connectivity index (χ3v) is 3.83. The van der Waals surface area contributed by atoms with Gasteiger partial charge >= 0.3 is 0 Å². The van der Waals surface area contributed by atoms with Gasteiger partial charge in [0.25, 0.3) is 5.91 Å². The predicted octanol–water partition coefficient (Wildman–Crippen LogP) is 3.25. The number of carbonyl (C=O) groups excluding carboxylic acids is 1. The average Bonchev–Trinajstić information content (AvgIpc) is 2.94. The van der Waals surface area contributed by atoms with Crippen molar-refractivity contribution in [3.05, 3.63) is 57.6 Å². The van der Waals surface area contributed by atoms with Crippen molar-refractivity contribution in [3.8, 4) is 11.5 Å². The fourth-order valence-corrected chi connectivity index (χ4v) is 2.47. The molecule has 0 fully saturated rings. The standard InChI is InChI=1S/C16H13BrN2O3/c1-10-3-2-4-11(5-10)16(20)19-18-8-12-6-14-15(7-13(12)17)22-9-21-14/h2-8H,9H2,1H3,(H,19,20). The minimum Gasteiger partial charge on any atom is -0.454 e. The van der Waals surface area contributed by atoms with Gasteiger partial charge in [-0.3, -0.25) is 4.79 Å². The van der Waals surface area contributed by atoms with Gasteiger partial charge in [-0.1, -0.05) is 17.7 Å². The maximum Gasteiger partial charge on any atom is 0.271 e. The number of rotatable bonds is 3. The van der Waals surface area contributed by atoms with Crippen molar-refractivity contribution in [2.75, 3.05) is 6.79 Å². The van der Waals surface area contributed by atoms with E-state index in [1.165, 1.54) is 0 Å². The van der Waals surface area contributed by atoms with Crippen LogP contribution in [-0.4, -0.2) is 18.9 Å². The molecule has 2 aromatic rings. The molecule has 0 saturated carbocycles. The molecule has 22 heavy (non-hydrogen) atoms. The number of aryl methyl sites for hydroxylation is 1. The summed E-state index contributed by atoms with van der Waals surface area (Å²) in [7, 11) is 0. The van der Waals surface area contributed by atoms with E-state index in [1.54, 1.807) is 24.4 Å². The van der Waals surface area contributed by atoms with E-state index < -0.39 is 0 Å². The van der Waals surface area contributed by atoms with Crippen molar-refractivity contribution < 1.29 is 14.3 Å². The second-order valence-electron chi connectivity index (χ2n) is 4.80. The zero-order valence-electron chi connectivity index (χ0n) is 11.8. The van der Waals surface area contributed by atoms with E-state index in [0.29, 0.717) is 17.1 Å². The summed E-state index contributed by atoms with van der Waals surface area (Å²) in [5, 5.41) is 3.98. The van der Waals surface area contributed by atoms with Crippen LogP contribution in [0.5, 0.6) is 11.5 Å². The van der Waals surface area contributed by atoms with Crippen LogP contribution in [0.4, 0.5) is 0 Å². The zero-order valence-corrected chi connectivity index (χ0v) is 13.4. The molecule has 1 aliphatic heterocycles. The molecule has 2 aromatic carbocycles. The van der Waals surface area contributed by atoms with Gasteiger partial charge in [-0.15, -0.1) is 0 Å². The van der Waals surface area contributed by atoms with Crippen LogP contribution < -0.4 is 14.9 Å². The minimum absolute atomic E-state index is 0.215. The Labute approximate surface area is 136 Å². The van der Waals surface area contributed by atoms with Crippen LogP contribution >= 0.6 is 15.9 Å². The van der Waals surface area contributed by atoms with Crippen molar-refractivity contribution in [1.29, 1.82) is 0 Å². The first-order valence-electron chi connectivity index (χ1n) is 6.63. The summed E-state index contributed by atoms with van der Waals surface area (Å²) in [6.45, 7) is 2.15. The highest BCUT2D eigenvalue weighted by atomic mass is 79.9. The Morgan fingerprint density at radius 2 is 2.05 bits per heavy atom. The van der Waals surface area contributed by atoms with Gasteiger partial charge in [-0.25, -0.2) is 5.43 Å². The lowest BCUT2D eigenvalue weighted by atomic mass is 10.1. The molecular weight excluding hydrogens is 348 g/mol. The molecule has 1 heterocycles. The number of benzene rings is 2. The number of carbonyl (C=O) groups is 1. The Hall–Kier alpha value is -2.34. The normalized spacial score (nSPS) is 12.6. The lowest BCUT2D eigenvalue weighted by Crippen LogP contribution is -2.17. The summed E-state index contributed by atoms with van der Waals surface area (Å²) in [5.41, 5.74) is 4.89. The molecule has 1 aliphatic rings. The molecule has 0 radical (unpaired) electrons. The Balaban J connectivity index is 1.71. The second-order valence-corrected chi connectivity index (χ2v) is 5.65. The lowest BCUT2D eigenvalue weighted by Gasteiger charge is -2.03. The van der Waals surface area contributed by atoms with Gasteiger partial charge in [0.1, 0.15) is 0 Å². The first-order chi connectivity index (χ1) is 10.6. The van der Waals surface area contributed by atoms with Gasteiger partial charge in [0, 0.05) is 15.6 Å². The highest BCUT2D eigenvalue weighted by molar-refractivity contribution is 9.10. The van der Waals surface area contributed by atoms with Crippen molar-refractivity contribution in [2.45, 2.75) is 6.92 Å². The monoisotopic (exact) mass is 360 g/mol. The molecule has 0 saturated heterocycles. The van der Waals surface area contributed by atoms with E-state index in [0.717, 1.165) is 15.6 Å². The largest absolute Gasteiger partial charge is 0.454 e. The van der Waals surface area contributed by atoms with E-state index in [1.807, 2.05) is 25.1 Å². The van der Waals surface area contributed by atoms with Crippen molar-refractivity contribution >= 4 is 28.1 Å². The summed E-state index contributed by atoms with van der Waals surface area (Å²) in [6.07, 6.45) is 1.56. The number of hydrazone groups is 1. The first kappa shape index (κ1) is 14.6. The number of fused-ring (bicyclic) bond motifs is 1. The average molecular weight is 361 g/mol. The lowest BCUT2D eigenvalue weighted by molar-refractivity contribution is 0.0955. The van der Waals surface area contributed by atoms with E-state index in [9.17, 15) is 4.79 Å². The maximum absolute atomic E-state index is 12.0. The van der Waals surface area contributed by atoms with Gasteiger partial charge in [0.2, 0.25) is 6.79 Å². The minimum atomic E-state index is -0.253. The van der Waals surface area contributed by atoms with Crippen LogP contribution in [-0.2, 0) is 0 Å². The Bertz CT molecular complexity index is 759. The molecule has 1 N–H and O–H groups in total. The van der Waals surface area contributed by atoms with E-state index in [4.69, 9.17) is 9.47 Å². The van der Waals surface area contributed by atoms with Gasteiger partial charge < -0.3 is 9.47 Å². The fourth-order valence-electron chi connectivity index (χ4n) is 2.04. The first-order valence-corrected chi connectivity index (χ1v) is 7.42. The molecule has 5 nitrogen and oxygen atoms in total. The predicted molar refractivity (Wildman–Crippen MR) is 86.5 cm³/mol. The SMILES string of the molecule is Cc1cccc(C(=O)NN=Cc2cc3c(cc2Br)OCO3)c1. The number of amides is 1. The number of nitrogens with zero attached hydrogens (tertiary/aromatic N) is 1. The van der Waals surface area contributed by atoms with Gasteiger partial charge in [-0.05, 0) is 47.1 Å². The van der Waals surface area contributed by atoms with Crippen molar-refractivity contribution in [2.24, 2.45) is 5.10 Å². The molecule has 0 spiro atoms. The molecule has 0 aromatic heterocycles. The van der Waals surface area contributed by atoms with E-state index in [2.05, 4.69) is 26.5 Å². The molecular formula is C16H13BrN2O3. The van der Waals surface area contributed by atoms with Gasteiger partial charge in [0.05, 0.1) is 6.21 Å². The summed E-state index contributed by atoms with van der Waals surface area (Å²) >= 11 is 3.43. The Morgan fingerprint density at radius 3 is 2.82 bits per heavy atom. The van der Waals surface area contributed by atoms with Crippen LogP contribution in [0.1, 0.15) is 21.5 Å². The van der Waals surface area contributed by atoms with Crippen LogP contribution in [0.25, 0.3) is 0 Å². The highest BCUT2D eigenvalue weighted by Gasteiger charge is 2.15. The number of halogens is 1. The molecule has 0 bridgehead atoms. The molecule has 112 valence electrons. The molecule has 0 unspecified atom stereocenters. The third kappa shape index (κ3) is 3.12. The molecule has 0 aliphatic carbocycles. The van der Waals surface area contributed by atoms with Crippen molar-refractivity contribution in [1.82, 2.24) is 5.43 Å².